The molecule has 126 valence electrons. The molecule has 0 amide bonds. The number of ether oxygens (including phenoxy) is 2. The molecule has 23 heavy (non-hydrogen) atoms. The van der Waals surface area contributed by atoms with Crippen molar-refractivity contribution in [2.45, 2.75) is 26.5 Å². The molecule has 0 spiro atoms. The van der Waals surface area contributed by atoms with Gasteiger partial charge in [-0.15, -0.1) is 12.4 Å². The summed E-state index contributed by atoms with van der Waals surface area (Å²) in [5, 5.41) is 3.39. The molecule has 0 aliphatic heterocycles. The smallest absolute Gasteiger partial charge is 0.175 e. The number of methoxy groups -OCH3 is 1. The minimum absolute atomic E-state index is 0. The Bertz CT molecular complexity index is 593. The van der Waals surface area contributed by atoms with Crippen LogP contribution in [0.1, 0.15) is 24.5 Å². The Kier molecular flexibility index (Phi) is 9.07. The zero-order valence-electron chi connectivity index (χ0n) is 13.5. The first-order valence-corrected chi connectivity index (χ1v) is 8.27. The fraction of sp³-hybridized carbons (Fsp3) is 0.333. The summed E-state index contributed by atoms with van der Waals surface area (Å²) < 4.78 is 12.3. The van der Waals surface area contributed by atoms with Gasteiger partial charge in [-0.1, -0.05) is 37.3 Å². The third kappa shape index (κ3) is 6.05. The van der Waals surface area contributed by atoms with E-state index in [9.17, 15) is 0 Å². The lowest BCUT2D eigenvalue weighted by atomic mass is 10.2. The van der Waals surface area contributed by atoms with Gasteiger partial charge in [-0.05, 0) is 52.2 Å². The van der Waals surface area contributed by atoms with Crippen molar-refractivity contribution in [2.24, 2.45) is 0 Å². The van der Waals surface area contributed by atoms with Crippen LogP contribution in [0.25, 0.3) is 0 Å². The maximum absolute atomic E-state index is 5.93. The molecule has 2 aromatic carbocycles. The Labute approximate surface area is 152 Å². The third-order valence-electron chi connectivity index (χ3n) is 3.27. The standard InChI is InChI=1S/C18H22BrNO2.ClH/c1-3-9-20-12-15-10-16(19)18(17(11-15)21-2)22-13-14-7-5-4-6-8-14;/h4-8,10-11,20H,3,9,12-13H2,1-2H3;1H. The van der Waals surface area contributed by atoms with Crippen molar-refractivity contribution in [3.8, 4) is 11.5 Å². The Morgan fingerprint density at radius 1 is 1.09 bits per heavy atom. The normalized spacial score (nSPS) is 10.0. The largest absolute Gasteiger partial charge is 0.493 e. The molecule has 0 fully saturated rings. The van der Waals surface area contributed by atoms with Gasteiger partial charge in [-0.25, -0.2) is 0 Å². The highest BCUT2D eigenvalue weighted by molar-refractivity contribution is 9.10. The first-order chi connectivity index (χ1) is 10.7. The molecule has 0 heterocycles. The van der Waals surface area contributed by atoms with Crippen molar-refractivity contribution in [1.29, 1.82) is 0 Å². The minimum atomic E-state index is 0. The van der Waals surface area contributed by atoms with Gasteiger partial charge < -0.3 is 14.8 Å². The molecule has 0 aliphatic rings. The summed E-state index contributed by atoms with van der Waals surface area (Å²) in [6, 6.07) is 14.2. The molecule has 0 saturated carbocycles. The molecule has 0 aromatic heterocycles. The van der Waals surface area contributed by atoms with Gasteiger partial charge in [0.05, 0.1) is 11.6 Å². The maximum atomic E-state index is 5.93. The van der Waals surface area contributed by atoms with Crippen molar-refractivity contribution in [3.05, 3.63) is 58.1 Å². The number of rotatable bonds is 8. The zero-order chi connectivity index (χ0) is 15.8. The van der Waals surface area contributed by atoms with Crippen LogP contribution >= 0.6 is 28.3 Å². The third-order valence-corrected chi connectivity index (χ3v) is 3.86. The average molecular weight is 401 g/mol. The van der Waals surface area contributed by atoms with Crippen LogP contribution < -0.4 is 14.8 Å². The topological polar surface area (TPSA) is 30.5 Å². The summed E-state index contributed by atoms with van der Waals surface area (Å²) in [7, 11) is 1.67. The monoisotopic (exact) mass is 399 g/mol. The van der Waals surface area contributed by atoms with E-state index in [1.165, 1.54) is 5.56 Å². The van der Waals surface area contributed by atoms with E-state index in [1.807, 2.05) is 36.4 Å². The van der Waals surface area contributed by atoms with Crippen molar-refractivity contribution in [2.75, 3.05) is 13.7 Å². The molecule has 2 rings (SSSR count). The van der Waals surface area contributed by atoms with E-state index in [2.05, 4.69) is 34.2 Å². The Morgan fingerprint density at radius 3 is 2.48 bits per heavy atom. The lowest BCUT2D eigenvalue weighted by Gasteiger charge is -2.15. The lowest BCUT2D eigenvalue weighted by molar-refractivity contribution is 0.282. The van der Waals surface area contributed by atoms with Crippen LogP contribution in [-0.2, 0) is 13.2 Å². The predicted octanol–water partition coefficient (Wildman–Crippen LogP) is 4.96. The van der Waals surface area contributed by atoms with Gasteiger partial charge in [0.25, 0.3) is 0 Å². The fourth-order valence-corrected chi connectivity index (χ4v) is 2.76. The van der Waals surface area contributed by atoms with Gasteiger partial charge in [-0.3, -0.25) is 0 Å². The summed E-state index contributed by atoms with van der Waals surface area (Å²) in [5.41, 5.74) is 2.30. The molecular weight excluding hydrogens is 378 g/mol. The molecule has 5 heteroatoms. The van der Waals surface area contributed by atoms with Crippen LogP contribution in [0.5, 0.6) is 11.5 Å². The van der Waals surface area contributed by atoms with E-state index in [0.29, 0.717) is 6.61 Å². The van der Waals surface area contributed by atoms with Gasteiger partial charge >= 0.3 is 0 Å². The van der Waals surface area contributed by atoms with Gasteiger partial charge in [0.1, 0.15) is 6.61 Å². The second kappa shape index (κ2) is 10.5. The second-order valence-corrected chi connectivity index (χ2v) is 5.91. The number of benzene rings is 2. The molecule has 0 atom stereocenters. The second-order valence-electron chi connectivity index (χ2n) is 5.06. The molecule has 2 aromatic rings. The molecule has 0 radical (unpaired) electrons. The van der Waals surface area contributed by atoms with Crippen molar-refractivity contribution < 1.29 is 9.47 Å². The van der Waals surface area contributed by atoms with E-state index in [4.69, 9.17) is 9.47 Å². The molecule has 1 N–H and O–H groups in total. The molecule has 0 unspecified atom stereocenters. The SMILES string of the molecule is CCCNCc1cc(Br)c(OCc2ccccc2)c(OC)c1.Cl. The van der Waals surface area contributed by atoms with E-state index in [1.54, 1.807) is 7.11 Å². The van der Waals surface area contributed by atoms with Crippen molar-refractivity contribution in [3.63, 3.8) is 0 Å². The quantitative estimate of drug-likeness (QED) is 0.635. The van der Waals surface area contributed by atoms with Crippen LogP contribution in [-0.4, -0.2) is 13.7 Å². The Hall–Kier alpha value is -1.23. The maximum Gasteiger partial charge on any atom is 0.175 e. The van der Waals surface area contributed by atoms with Crippen LogP contribution in [0.4, 0.5) is 0 Å². The van der Waals surface area contributed by atoms with E-state index < -0.39 is 0 Å². The number of halogens is 2. The molecule has 0 bridgehead atoms. The first-order valence-electron chi connectivity index (χ1n) is 7.48. The summed E-state index contributed by atoms with van der Waals surface area (Å²) in [5.74, 6) is 1.49. The van der Waals surface area contributed by atoms with E-state index in [0.717, 1.165) is 41.0 Å². The molecule has 0 saturated heterocycles. The molecule has 0 aliphatic carbocycles. The Morgan fingerprint density at radius 2 is 1.83 bits per heavy atom. The van der Waals surface area contributed by atoms with Crippen LogP contribution in [0, 0.1) is 0 Å². The molecule has 3 nitrogen and oxygen atoms in total. The van der Waals surface area contributed by atoms with E-state index in [-0.39, 0.29) is 12.4 Å². The van der Waals surface area contributed by atoms with Crippen molar-refractivity contribution >= 4 is 28.3 Å². The van der Waals surface area contributed by atoms with Crippen molar-refractivity contribution in [1.82, 2.24) is 5.32 Å². The predicted molar refractivity (Wildman–Crippen MR) is 101 cm³/mol. The summed E-state index contributed by atoms with van der Waals surface area (Å²) in [6.07, 6.45) is 1.12. The number of hydrogen-bond donors (Lipinski definition) is 1. The van der Waals surface area contributed by atoms with Gasteiger partial charge in [0.2, 0.25) is 0 Å². The summed E-state index contributed by atoms with van der Waals surface area (Å²) >= 11 is 3.59. The lowest BCUT2D eigenvalue weighted by Crippen LogP contribution is -2.14. The number of hydrogen-bond acceptors (Lipinski definition) is 3. The molecular formula is C18H23BrClNO2. The fourth-order valence-electron chi connectivity index (χ4n) is 2.15. The average Bonchev–Trinajstić information content (AvgIpc) is 2.54. The highest BCUT2D eigenvalue weighted by Crippen LogP contribution is 2.37. The summed E-state index contributed by atoms with van der Waals surface area (Å²) in [4.78, 5) is 0. The van der Waals surface area contributed by atoms with Gasteiger partial charge in [0, 0.05) is 6.54 Å². The van der Waals surface area contributed by atoms with Crippen LogP contribution in [0.2, 0.25) is 0 Å². The minimum Gasteiger partial charge on any atom is -0.493 e. The highest BCUT2D eigenvalue weighted by atomic mass is 79.9. The van der Waals surface area contributed by atoms with Gasteiger partial charge in [-0.2, -0.15) is 0 Å². The van der Waals surface area contributed by atoms with Crippen LogP contribution in [0.15, 0.2) is 46.9 Å². The van der Waals surface area contributed by atoms with Gasteiger partial charge in [0.15, 0.2) is 11.5 Å². The summed E-state index contributed by atoms with van der Waals surface area (Å²) in [6.45, 7) is 4.50. The first kappa shape index (κ1) is 19.8. The van der Waals surface area contributed by atoms with E-state index >= 15 is 0 Å². The Balaban J connectivity index is 0.00000264. The van der Waals surface area contributed by atoms with Crippen LogP contribution in [0.3, 0.4) is 0 Å². The highest BCUT2D eigenvalue weighted by Gasteiger charge is 2.12. The number of nitrogens with one attached hydrogen (secondary N) is 1. The zero-order valence-corrected chi connectivity index (χ0v) is 15.9.